The maximum atomic E-state index is 13.8. The molecule has 0 N–H and O–H groups in total. The van der Waals surface area contributed by atoms with Crippen molar-refractivity contribution in [3.63, 3.8) is 0 Å². The number of carbonyl (C=O) groups excluding carboxylic acids is 4. The number of halogens is 1. The van der Waals surface area contributed by atoms with E-state index >= 15 is 0 Å². The molecule has 3 aromatic rings. The number of rotatable bonds is 3. The van der Waals surface area contributed by atoms with E-state index in [4.69, 9.17) is 4.74 Å². The van der Waals surface area contributed by atoms with Crippen LogP contribution >= 0.6 is 22.6 Å². The average Bonchev–Trinajstić information content (AvgIpc) is 3.44. The first-order chi connectivity index (χ1) is 17.3. The molecule has 2 heterocycles. The fraction of sp³-hybridized carbons (Fsp3) is 0.154. The van der Waals surface area contributed by atoms with Gasteiger partial charge in [-0.3, -0.25) is 29.3 Å². The number of hydrogen-bond donors (Lipinski definition) is 0. The summed E-state index contributed by atoms with van der Waals surface area (Å²) in [5.74, 6) is -5.17. The van der Waals surface area contributed by atoms with Crippen LogP contribution < -0.4 is 4.90 Å². The van der Waals surface area contributed by atoms with E-state index in [1.54, 1.807) is 30.3 Å². The van der Waals surface area contributed by atoms with Gasteiger partial charge in [-0.05, 0) is 52.4 Å². The van der Waals surface area contributed by atoms with Crippen molar-refractivity contribution in [1.82, 2.24) is 0 Å². The molecular formula is C26H15IN2O7. The van der Waals surface area contributed by atoms with Crippen LogP contribution in [0.4, 0.5) is 11.4 Å². The highest BCUT2D eigenvalue weighted by Gasteiger charge is 2.74. The van der Waals surface area contributed by atoms with E-state index in [2.05, 4.69) is 22.6 Å². The topological polar surface area (TPSA) is 124 Å². The molecule has 0 saturated carbocycles. The lowest BCUT2D eigenvalue weighted by atomic mass is 9.77. The highest BCUT2D eigenvalue weighted by atomic mass is 127. The standard InChI is InChI=1S/C26H15IN2O7/c27-14-5-3-4-13(12-14)21-19-20(26(36-21)22(30)17-6-1-2-7-18(17)23(26)31)25(33)28(24(19)32)15-8-10-16(11-9-15)29(34)35/h1-12,19-21H. The Labute approximate surface area is 217 Å². The van der Waals surface area contributed by atoms with Crippen LogP contribution in [0.3, 0.4) is 0 Å². The normalized spacial score (nSPS) is 23.9. The molecule has 2 saturated heterocycles. The Morgan fingerprint density at radius 2 is 1.50 bits per heavy atom. The van der Waals surface area contributed by atoms with Gasteiger partial charge in [-0.1, -0.05) is 36.4 Å². The third-order valence-electron chi connectivity index (χ3n) is 7.01. The van der Waals surface area contributed by atoms with Gasteiger partial charge < -0.3 is 4.74 Å². The first kappa shape index (κ1) is 22.7. The average molecular weight is 594 g/mol. The molecule has 1 spiro atoms. The predicted octanol–water partition coefficient (Wildman–Crippen LogP) is 3.89. The molecule has 2 aliphatic heterocycles. The molecule has 0 radical (unpaired) electrons. The quantitative estimate of drug-likeness (QED) is 0.148. The summed E-state index contributed by atoms with van der Waals surface area (Å²) < 4.78 is 7.09. The molecule has 2 amide bonds. The fourth-order valence-corrected chi connectivity index (χ4v) is 6.05. The molecule has 3 atom stereocenters. The molecule has 36 heavy (non-hydrogen) atoms. The number of ketones is 2. The van der Waals surface area contributed by atoms with E-state index in [1.807, 2.05) is 6.07 Å². The number of nitrogens with zero attached hydrogens (tertiary/aromatic N) is 2. The second-order valence-electron chi connectivity index (χ2n) is 8.82. The summed E-state index contributed by atoms with van der Waals surface area (Å²) in [5, 5.41) is 11.1. The van der Waals surface area contributed by atoms with Crippen LogP contribution in [0.15, 0.2) is 72.8 Å². The third-order valence-corrected chi connectivity index (χ3v) is 7.69. The summed E-state index contributed by atoms with van der Waals surface area (Å²) >= 11 is 2.10. The predicted molar refractivity (Wildman–Crippen MR) is 133 cm³/mol. The number of benzene rings is 3. The number of ether oxygens (including phenoxy) is 1. The highest BCUT2D eigenvalue weighted by Crippen LogP contribution is 2.57. The molecule has 178 valence electrons. The number of non-ortho nitro benzene ring substituents is 1. The molecule has 2 fully saturated rings. The van der Waals surface area contributed by atoms with Gasteiger partial charge in [0, 0.05) is 26.8 Å². The van der Waals surface area contributed by atoms with Gasteiger partial charge in [0.25, 0.3) is 5.69 Å². The Kier molecular flexibility index (Phi) is 4.96. The summed E-state index contributed by atoms with van der Waals surface area (Å²) in [6.07, 6.45) is -1.02. The van der Waals surface area contributed by atoms with Crippen molar-refractivity contribution in [2.24, 2.45) is 11.8 Å². The van der Waals surface area contributed by atoms with Crippen LogP contribution in [-0.4, -0.2) is 33.9 Å². The van der Waals surface area contributed by atoms with E-state index in [-0.39, 0.29) is 22.5 Å². The zero-order chi connectivity index (χ0) is 25.4. The number of fused-ring (bicyclic) bond motifs is 3. The molecule has 10 heteroatoms. The number of carbonyl (C=O) groups is 4. The van der Waals surface area contributed by atoms with Crippen molar-refractivity contribution >= 4 is 57.3 Å². The summed E-state index contributed by atoms with van der Waals surface area (Å²) in [7, 11) is 0. The molecule has 9 nitrogen and oxygen atoms in total. The second kappa shape index (κ2) is 7.87. The maximum absolute atomic E-state index is 13.8. The number of imide groups is 1. The minimum Gasteiger partial charge on any atom is -0.349 e. The van der Waals surface area contributed by atoms with Crippen LogP contribution in [-0.2, 0) is 14.3 Å². The highest BCUT2D eigenvalue weighted by molar-refractivity contribution is 14.1. The molecule has 3 aliphatic rings. The Morgan fingerprint density at radius 1 is 0.861 bits per heavy atom. The van der Waals surface area contributed by atoms with Gasteiger partial charge in [0.1, 0.15) is 0 Å². The number of hydrogen-bond acceptors (Lipinski definition) is 7. The van der Waals surface area contributed by atoms with E-state index in [1.165, 1.54) is 36.4 Å². The first-order valence-corrected chi connectivity index (χ1v) is 12.1. The lowest BCUT2D eigenvalue weighted by molar-refractivity contribution is -0.384. The summed E-state index contributed by atoms with van der Waals surface area (Å²) in [6.45, 7) is 0. The zero-order valence-electron chi connectivity index (χ0n) is 18.3. The number of Topliss-reactive ketones (excluding diaryl/α,β-unsaturated/α-hetero) is 2. The van der Waals surface area contributed by atoms with Crippen LogP contribution in [0.2, 0.25) is 0 Å². The molecule has 3 unspecified atom stereocenters. The van der Waals surface area contributed by atoms with E-state index < -0.39 is 51.8 Å². The second-order valence-corrected chi connectivity index (χ2v) is 10.1. The molecule has 0 aromatic heterocycles. The summed E-state index contributed by atoms with van der Waals surface area (Å²) in [5.41, 5.74) is -1.37. The van der Waals surface area contributed by atoms with Crippen LogP contribution in [0.25, 0.3) is 0 Å². The number of amides is 2. The molecule has 3 aromatic carbocycles. The zero-order valence-corrected chi connectivity index (χ0v) is 20.4. The Hall–Kier alpha value is -3.77. The number of nitro benzene ring substituents is 1. The summed E-state index contributed by atoms with van der Waals surface area (Å²) in [6, 6.07) is 18.4. The van der Waals surface area contributed by atoms with Crippen molar-refractivity contribution in [1.29, 1.82) is 0 Å². The maximum Gasteiger partial charge on any atom is 0.269 e. The lowest BCUT2D eigenvalue weighted by Gasteiger charge is -2.27. The smallest absolute Gasteiger partial charge is 0.269 e. The van der Waals surface area contributed by atoms with Gasteiger partial charge >= 0.3 is 0 Å². The van der Waals surface area contributed by atoms with Gasteiger partial charge in [-0.2, -0.15) is 0 Å². The number of nitro groups is 1. The van der Waals surface area contributed by atoms with Crippen molar-refractivity contribution in [3.8, 4) is 0 Å². The van der Waals surface area contributed by atoms with Gasteiger partial charge in [0.05, 0.1) is 28.6 Å². The Morgan fingerprint density at radius 3 is 2.08 bits per heavy atom. The van der Waals surface area contributed by atoms with Crippen molar-refractivity contribution in [3.05, 3.63) is 103 Å². The van der Waals surface area contributed by atoms with Gasteiger partial charge in [-0.15, -0.1) is 0 Å². The Bertz CT molecular complexity index is 1480. The lowest BCUT2D eigenvalue weighted by Crippen LogP contribution is -2.51. The third kappa shape index (κ3) is 2.91. The van der Waals surface area contributed by atoms with Crippen molar-refractivity contribution in [2.75, 3.05) is 4.90 Å². The van der Waals surface area contributed by atoms with Gasteiger partial charge in [0.2, 0.25) is 29.0 Å². The molecule has 0 bridgehead atoms. The molecular weight excluding hydrogens is 579 g/mol. The number of anilines is 1. The summed E-state index contributed by atoms with van der Waals surface area (Å²) in [4.78, 5) is 66.5. The minimum atomic E-state index is -2.16. The van der Waals surface area contributed by atoms with E-state index in [9.17, 15) is 29.3 Å². The Balaban J connectivity index is 1.52. The van der Waals surface area contributed by atoms with Gasteiger partial charge in [0.15, 0.2) is 0 Å². The van der Waals surface area contributed by atoms with Gasteiger partial charge in [-0.25, -0.2) is 4.90 Å². The van der Waals surface area contributed by atoms with Crippen molar-refractivity contribution in [2.45, 2.75) is 11.7 Å². The molecule has 1 aliphatic carbocycles. The van der Waals surface area contributed by atoms with Crippen LogP contribution in [0.1, 0.15) is 32.4 Å². The monoisotopic (exact) mass is 594 g/mol. The molecule has 6 rings (SSSR count). The largest absolute Gasteiger partial charge is 0.349 e. The van der Waals surface area contributed by atoms with E-state index in [0.29, 0.717) is 5.56 Å². The van der Waals surface area contributed by atoms with Crippen molar-refractivity contribution < 1.29 is 28.8 Å². The van der Waals surface area contributed by atoms with Crippen LogP contribution in [0, 0.1) is 25.5 Å². The first-order valence-electron chi connectivity index (χ1n) is 11.0. The fourth-order valence-electron chi connectivity index (χ4n) is 5.48. The SMILES string of the molecule is O=C1C2C(c3cccc(I)c3)OC3(C(=O)c4ccccc4C3=O)C2C(=O)N1c1ccc([N+](=O)[O-])cc1. The minimum absolute atomic E-state index is 0.122. The van der Waals surface area contributed by atoms with E-state index in [0.717, 1.165) is 8.47 Å². The van der Waals surface area contributed by atoms with Crippen LogP contribution in [0.5, 0.6) is 0 Å².